The number of aromatic nitrogens is 3. The van der Waals surface area contributed by atoms with Crippen LogP contribution < -0.4 is 15.9 Å². The van der Waals surface area contributed by atoms with E-state index < -0.39 is 7.14 Å². The van der Waals surface area contributed by atoms with Crippen LogP contribution in [0.15, 0.2) is 243 Å². The minimum Gasteiger partial charge on any atom is -0.309 e. The van der Waals surface area contributed by atoms with Crippen molar-refractivity contribution in [3.63, 3.8) is 0 Å². The fourth-order valence-electron chi connectivity index (χ4n) is 10.2. The van der Waals surface area contributed by atoms with Crippen LogP contribution in [0.1, 0.15) is 43.2 Å². The summed E-state index contributed by atoms with van der Waals surface area (Å²) < 4.78 is 15.0. The number of hydrogen-bond acceptors (Lipinski definition) is 4. The lowest BCUT2D eigenvalue weighted by atomic mass is 9.65. The molecule has 68 heavy (non-hydrogen) atoms. The average Bonchev–Trinajstić information content (AvgIpc) is 3.44. The largest absolute Gasteiger partial charge is 0.309 e. The van der Waals surface area contributed by atoms with E-state index >= 15 is 4.57 Å². The molecule has 0 atom stereocenters. The lowest BCUT2D eigenvalue weighted by Crippen LogP contribution is -2.30. The first kappa shape index (κ1) is 42.8. The van der Waals surface area contributed by atoms with Crippen LogP contribution in [-0.2, 0) is 9.98 Å². The predicted molar refractivity (Wildman–Crippen MR) is 282 cm³/mol. The number of nitrogens with zero attached hydrogens (tertiary/aromatic N) is 3. The highest BCUT2D eigenvalue weighted by Gasteiger charge is 2.36. The predicted octanol–water partition coefficient (Wildman–Crippen LogP) is 14.8. The molecule has 1 heterocycles. The van der Waals surface area contributed by atoms with Crippen LogP contribution in [0.3, 0.4) is 0 Å². The molecule has 0 aliphatic heterocycles. The Morgan fingerprint density at radius 2 is 0.632 bits per heavy atom. The van der Waals surface area contributed by atoms with Gasteiger partial charge < -0.3 is 4.57 Å². The summed E-state index contributed by atoms with van der Waals surface area (Å²) >= 11 is 0. The quantitative estimate of drug-likeness (QED) is 0.121. The summed E-state index contributed by atoms with van der Waals surface area (Å²) in [7, 11) is -3.05. The molecule has 1 aliphatic rings. The Balaban J connectivity index is 0.922. The van der Waals surface area contributed by atoms with E-state index in [-0.39, 0.29) is 5.41 Å². The molecule has 0 unspecified atom stereocenters. The highest BCUT2D eigenvalue weighted by atomic mass is 31.2. The summed E-state index contributed by atoms with van der Waals surface area (Å²) in [5.41, 5.74) is 12.1. The van der Waals surface area contributed by atoms with Gasteiger partial charge in [0.2, 0.25) is 0 Å². The zero-order chi connectivity index (χ0) is 45.8. The van der Waals surface area contributed by atoms with Gasteiger partial charge in [0.05, 0.1) is 0 Å². The summed E-state index contributed by atoms with van der Waals surface area (Å²) in [5.74, 6) is 1.92. The van der Waals surface area contributed by atoms with E-state index in [4.69, 9.17) is 15.0 Å². The van der Waals surface area contributed by atoms with E-state index in [0.717, 1.165) is 73.3 Å². The van der Waals surface area contributed by atoms with Crippen LogP contribution >= 0.6 is 7.14 Å². The Kier molecular flexibility index (Phi) is 11.9. The van der Waals surface area contributed by atoms with Crippen LogP contribution in [-0.4, -0.2) is 15.0 Å². The van der Waals surface area contributed by atoms with Crippen molar-refractivity contribution in [2.75, 3.05) is 0 Å². The van der Waals surface area contributed by atoms with Gasteiger partial charge in [-0.15, -0.1) is 0 Å². The molecule has 9 aromatic carbocycles. The third kappa shape index (κ3) is 8.34. The molecule has 11 rings (SSSR count). The van der Waals surface area contributed by atoms with Crippen molar-refractivity contribution in [3.8, 4) is 67.5 Å². The molecule has 0 bridgehead atoms. The molecule has 0 spiro atoms. The number of rotatable bonds is 11. The lowest BCUT2D eigenvalue weighted by molar-refractivity contribution is 0.346. The molecule has 0 amide bonds. The Hall–Kier alpha value is -7.78. The Labute approximate surface area is 399 Å². The SMILES string of the molecule is O=P(c1ccccc1)(c1ccccc1)c1ccc(-c2ccc(C3(c4ccc(-c5nc(-c6ccc(-c7ccccc7)cc6)nc(-c6ccccc6-c6ccccc6)n5)cc4)CCCCC3)cc2)cc1. The van der Waals surface area contributed by atoms with Crippen LogP contribution in [0.5, 0.6) is 0 Å². The third-order valence-corrected chi connectivity index (χ3v) is 16.9. The summed E-state index contributed by atoms with van der Waals surface area (Å²) in [5, 5.41) is 2.51. The normalized spacial score (nSPS) is 13.5. The molecule has 0 radical (unpaired) electrons. The van der Waals surface area contributed by atoms with Gasteiger partial charge in [-0.2, -0.15) is 0 Å². The first-order chi connectivity index (χ1) is 33.5. The maximum absolute atomic E-state index is 15.0. The van der Waals surface area contributed by atoms with Gasteiger partial charge in [-0.25, -0.2) is 15.0 Å². The van der Waals surface area contributed by atoms with E-state index in [9.17, 15) is 0 Å². The van der Waals surface area contributed by atoms with Crippen LogP contribution in [0.25, 0.3) is 67.5 Å². The van der Waals surface area contributed by atoms with Crippen molar-refractivity contribution < 1.29 is 4.57 Å². The molecular weight excluding hydrogens is 846 g/mol. The minimum atomic E-state index is -3.05. The van der Waals surface area contributed by atoms with E-state index in [2.05, 4.69) is 170 Å². The second kappa shape index (κ2) is 18.8. The van der Waals surface area contributed by atoms with Gasteiger partial charge in [0, 0.05) is 38.0 Å². The van der Waals surface area contributed by atoms with Crippen LogP contribution in [0.4, 0.5) is 0 Å². The number of benzene rings is 9. The van der Waals surface area contributed by atoms with Crippen molar-refractivity contribution in [3.05, 3.63) is 254 Å². The molecule has 10 aromatic rings. The minimum absolute atomic E-state index is 0.109. The zero-order valence-electron chi connectivity index (χ0n) is 37.8. The fourth-order valence-corrected chi connectivity index (χ4v) is 12.8. The van der Waals surface area contributed by atoms with Crippen LogP contribution in [0, 0.1) is 0 Å². The topological polar surface area (TPSA) is 55.7 Å². The zero-order valence-corrected chi connectivity index (χ0v) is 38.7. The second-order valence-electron chi connectivity index (χ2n) is 17.8. The molecule has 0 N–H and O–H groups in total. The highest BCUT2D eigenvalue weighted by molar-refractivity contribution is 7.85. The fraction of sp³-hybridized carbons (Fsp3) is 0.0952. The molecule has 0 saturated heterocycles. The van der Waals surface area contributed by atoms with Crippen molar-refractivity contribution in [1.29, 1.82) is 0 Å². The smallest absolute Gasteiger partial charge is 0.171 e. The van der Waals surface area contributed by atoms with Crippen LogP contribution in [0.2, 0.25) is 0 Å². The molecule has 1 saturated carbocycles. The van der Waals surface area contributed by atoms with E-state index in [1.54, 1.807) is 0 Å². The third-order valence-electron chi connectivity index (χ3n) is 13.8. The first-order valence-electron chi connectivity index (χ1n) is 23.7. The van der Waals surface area contributed by atoms with E-state index in [1.807, 2.05) is 72.8 Å². The van der Waals surface area contributed by atoms with Gasteiger partial charge >= 0.3 is 0 Å². The first-order valence-corrected chi connectivity index (χ1v) is 25.4. The van der Waals surface area contributed by atoms with Crippen molar-refractivity contribution >= 4 is 23.1 Å². The van der Waals surface area contributed by atoms with Gasteiger partial charge in [0.15, 0.2) is 24.6 Å². The maximum atomic E-state index is 15.0. The molecule has 1 fully saturated rings. The van der Waals surface area contributed by atoms with E-state index in [0.29, 0.717) is 17.5 Å². The Bertz CT molecular complexity index is 3290. The molecule has 1 aliphatic carbocycles. The maximum Gasteiger partial charge on any atom is 0.171 e. The molecular formula is C63H50N3OP. The Morgan fingerprint density at radius 1 is 0.294 bits per heavy atom. The number of hydrogen-bond donors (Lipinski definition) is 0. The van der Waals surface area contributed by atoms with Gasteiger partial charge in [0.1, 0.15) is 0 Å². The van der Waals surface area contributed by atoms with Gasteiger partial charge in [0.25, 0.3) is 0 Å². The van der Waals surface area contributed by atoms with Crippen molar-refractivity contribution in [2.45, 2.75) is 37.5 Å². The molecule has 5 heteroatoms. The van der Waals surface area contributed by atoms with Crippen molar-refractivity contribution in [2.24, 2.45) is 0 Å². The van der Waals surface area contributed by atoms with Gasteiger partial charge in [-0.05, 0) is 57.3 Å². The average molecular weight is 896 g/mol. The standard InChI is InChI=1S/C63H50N3OP/c67-68(55-22-10-3-11-23-55,56-24-12-4-13-25-56)57-42-36-49(37-43-57)48-32-38-53(39-33-48)63(44-16-5-17-45-63)54-40-34-52(35-41-54)61-64-60(51-30-28-47(29-31-51)46-18-6-1-7-19-46)65-62(66-61)59-27-15-14-26-58(59)50-20-8-2-9-21-50/h1-4,6-15,18-43H,5,16-17,44-45H2. The monoisotopic (exact) mass is 895 g/mol. The second-order valence-corrected chi connectivity index (χ2v) is 20.6. The van der Waals surface area contributed by atoms with Gasteiger partial charge in [-0.3, -0.25) is 0 Å². The summed E-state index contributed by atoms with van der Waals surface area (Å²) in [6.07, 6.45) is 5.77. The highest BCUT2D eigenvalue weighted by Crippen LogP contribution is 2.46. The van der Waals surface area contributed by atoms with Crippen molar-refractivity contribution in [1.82, 2.24) is 15.0 Å². The van der Waals surface area contributed by atoms with E-state index in [1.165, 1.54) is 36.0 Å². The summed E-state index contributed by atoms with van der Waals surface area (Å²) in [4.78, 5) is 15.6. The Morgan fingerprint density at radius 3 is 1.13 bits per heavy atom. The molecule has 4 nitrogen and oxygen atoms in total. The molecule has 1 aromatic heterocycles. The van der Waals surface area contributed by atoms with Gasteiger partial charge in [-0.1, -0.05) is 262 Å². The summed E-state index contributed by atoms with van der Waals surface area (Å²) in [6, 6.07) is 84.0. The summed E-state index contributed by atoms with van der Waals surface area (Å²) in [6.45, 7) is 0. The molecule has 328 valence electrons. The lowest BCUT2D eigenvalue weighted by Gasteiger charge is -2.39.